The number of rotatable bonds is 3. The normalized spacial score (nSPS) is 16.8. The van der Waals surface area contributed by atoms with Crippen LogP contribution in [0.3, 0.4) is 0 Å². The van der Waals surface area contributed by atoms with Crippen LogP contribution >= 0.6 is 0 Å². The predicted molar refractivity (Wildman–Crippen MR) is 78.0 cm³/mol. The Labute approximate surface area is 120 Å². The van der Waals surface area contributed by atoms with E-state index < -0.39 is 5.54 Å². The highest BCUT2D eigenvalue weighted by atomic mass is 19.1. The van der Waals surface area contributed by atoms with Gasteiger partial charge in [0.15, 0.2) is 0 Å². The van der Waals surface area contributed by atoms with Crippen molar-refractivity contribution in [2.24, 2.45) is 0 Å². The van der Waals surface area contributed by atoms with E-state index in [1.807, 2.05) is 19.9 Å². The minimum absolute atomic E-state index is 0.175. The highest BCUT2D eigenvalue weighted by Gasteiger charge is 2.24. The van der Waals surface area contributed by atoms with Gasteiger partial charge in [-0.2, -0.15) is 0 Å². The maximum atomic E-state index is 13.3. The van der Waals surface area contributed by atoms with Crippen LogP contribution in [0.2, 0.25) is 0 Å². The zero-order chi connectivity index (χ0) is 14.6. The highest BCUT2D eigenvalue weighted by Crippen LogP contribution is 2.21. The number of hydrogen-bond donors (Lipinski definition) is 2. The molecule has 0 bridgehead atoms. The van der Waals surface area contributed by atoms with Gasteiger partial charge in [-0.3, -0.25) is 0 Å². The largest absolute Gasteiger partial charge is 0.335 e. The average Bonchev–Trinajstić information content (AvgIpc) is 2.39. The van der Waals surface area contributed by atoms with E-state index in [0.29, 0.717) is 0 Å². The molecule has 2 rings (SSSR count). The molecule has 1 aromatic carbocycles. The standard InChI is InChI=1S/C16H23FN2O/c1-16(2,12-7-6-8-13(17)11-12)19-15(20)18-14-9-4-3-5-10-14/h6-8,11,14H,3-5,9-10H2,1-2H3,(H2,18,19,20). The second-order valence-electron chi connectivity index (χ2n) is 6.07. The van der Waals surface area contributed by atoms with Crippen LogP contribution in [-0.4, -0.2) is 12.1 Å². The molecule has 0 aliphatic heterocycles. The molecule has 0 heterocycles. The molecular formula is C16H23FN2O. The van der Waals surface area contributed by atoms with E-state index in [4.69, 9.17) is 0 Å². The number of amides is 2. The van der Waals surface area contributed by atoms with Gasteiger partial charge in [0, 0.05) is 6.04 Å². The third-order valence-electron chi connectivity index (χ3n) is 3.91. The lowest BCUT2D eigenvalue weighted by Gasteiger charge is -2.29. The van der Waals surface area contributed by atoms with Crippen LogP contribution in [0.1, 0.15) is 51.5 Å². The van der Waals surface area contributed by atoms with Gasteiger partial charge >= 0.3 is 6.03 Å². The summed E-state index contributed by atoms with van der Waals surface area (Å²) in [5.41, 5.74) is 0.164. The predicted octanol–water partition coefficient (Wildman–Crippen LogP) is 3.69. The van der Waals surface area contributed by atoms with Gasteiger partial charge < -0.3 is 10.6 Å². The molecule has 0 aromatic heterocycles. The Morgan fingerprint density at radius 1 is 1.25 bits per heavy atom. The van der Waals surface area contributed by atoms with Crippen LogP contribution in [0, 0.1) is 5.82 Å². The number of benzene rings is 1. The van der Waals surface area contributed by atoms with Crippen molar-refractivity contribution < 1.29 is 9.18 Å². The summed E-state index contributed by atoms with van der Waals surface area (Å²) in [6.45, 7) is 3.75. The Morgan fingerprint density at radius 2 is 1.95 bits per heavy atom. The molecule has 2 N–H and O–H groups in total. The van der Waals surface area contributed by atoms with Crippen molar-refractivity contribution in [3.8, 4) is 0 Å². The Balaban J connectivity index is 1.94. The second-order valence-corrected chi connectivity index (χ2v) is 6.07. The minimum Gasteiger partial charge on any atom is -0.335 e. The van der Waals surface area contributed by atoms with E-state index in [1.54, 1.807) is 6.07 Å². The number of hydrogen-bond acceptors (Lipinski definition) is 1. The van der Waals surface area contributed by atoms with Gasteiger partial charge in [0.25, 0.3) is 0 Å². The fraction of sp³-hybridized carbons (Fsp3) is 0.562. The molecule has 20 heavy (non-hydrogen) atoms. The molecule has 1 aliphatic rings. The Kier molecular flexibility index (Phi) is 4.63. The van der Waals surface area contributed by atoms with Crippen molar-refractivity contribution in [1.82, 2.24) is 10.6 Å². The average molecular weight is 278 g/mol. The van der Waals surface area contributed by atoms with Crippen LogP contribution in [0.25, 0.3) is 0 Å². The van der Waals surface area contributed by atoms with E-state index in [-0.39, 0.29) is 17.9 Å². The molecule has 2 amide bonds. The van der Waals surface area contributed by atoms with Gasteiger partial charge in [-0.05, 0) is 44.4 Å². The lowest BCUT2D eigenvalue weighted by molar-refractivity contribution is 0.222. The van der Waals surface area contributed by atoms with Gasteiger partial charge in [0.05, 0.1) is 5.54 Å². The molecule has 110 valence electrons. The van der Waals surface area contributed by atoms with Crippen molar-refractivity contribution in [2.45, 2.75) is 57.5 Å². The molecular weight excluding hydrogens is 255 g/mol. The van der Waals surface area contributed by atoms with Gasteiger partial charge in [0.2, 0.25) is 0 Å². The summed E-state index contributed by atoms with van der Waals surface area (Å²) in [4.78, 5) is 12.1. The zero-order valence-electron chi connectivity index (χ0n) is 12.2. The number of urea groups is 1. The van der Waals surface area contributed by atoms with Gasteiger partial charge in [0.1, 0.15) is 5.82 Å². The molecule has 3 nitrogen and oxygen atoms in total. The maximum absolute atomic E-state index is 13.3. The monoisotopic (exact) mass is 278 g/mol. The van der Waals surface area contributed by atoms with Gasteiger partial charge in [-0.25, -0.2) is 9.18 Å². The first-order valence-electron chi connectivity index (χ1n) is 7.32. The van der Waals surface area contributed by atoms with Crippen LogP contribution in [0.15, 0.2) is 24.3 Å². The first-order chi connectivity index (χ1) is 9.47. The Morgan fingerprint density at radius 3 is 2.60 bits per heavy atom. The Bertz CT molecular complexity index is 467. The maximum Gasteiger partial charge on any atom is 0.315 e. The number of carbonyl (C=O) groups excluding carboxylic acids is 1. The van der Waals surface area contributed by atoms with E-state index >= 15 is 0 Å². The van der Waals surface area contributed by atoms with Gasteiger partial charge in [-0.1, -0.05) is 31.4 Å². The quantitative estimate of drug-likeness (QED) is 0.869. The summed E-state index contributed by atoms with van der Waals surface area (Å²) in [5.74, 6) is -0.287. The van der Waals surface area contributed by atoms with Crippen molar-refractivity contribution >= 4 is 6.03 Å². The van der Waals surface area contributed by atoms with Gasteiger partial charge in [-0.15, -0.1) is 0 Å². The smallest absolute Gasteiger partial charge is 0.315 e. The third-order valence-corrected chi connectivity index (χ3v) is 3.91. The van der Waals surface area contributed by atoms with Crippen LogP contribution in [0.5, 0.6) is 0 Å². The molecule has 0 unspecified atom stereocenters. The van der Waals surface area contributed by atoms with Crippen molar-refractivity contribution in [3.63, 3.8) is 0 Å². The first-order valence-corrected chi connectivity index (χ1v) is 7.32. The number of carbonyl (C=O) groups is 1. The summed E-state index contributed by atoms with van der Waals surface area (Å²) in [7, 11) is 0. The molecule has 1 aromatic rings. The molecule has 0 saturated heterocycles. The third kappa shape index (κ3) is 3.95. The highest BCUT2D eigenvalue weighted by molar-refractivity contribution is 5.75. The molecule has 4 heteroatoms. The molecule has 1 fully saturated rings. The minimum atomic E-state index is -0.596. The molecule has 0 atom stereocenters. The lowest BCUT2D eigenvalue weighted by atomic mass is 9.94. The molecule has 1 saturated carbocycles. The summed E-state index contributed by atoms with van der Waals surface area (Å²) in [6.07, 6.45) is 5.71. The van der Waals surface area contributed by atoms with E-state index in [2.05, 4.69) is 10.6 Å². The van der Waals surface area contributed by atoms with E-state index in [1.165, 1.54) is 31.4 Å². The van der Waals surface area contributed by atoms with Crippen molar-refractivity contribution in [2.75, 3.05) is 0 Å². The summed E-state index contributed by atoms with van der Waals surface area (Å²) >= 11 is 0. The van der Waals surface area contributed by atoms with Crippen LogP contribution < -0.4 is 10.6 Å². The fourth-order valence-electron chi connectivity index (χ4n) is 2.70. The van der Waals surface area contributed by atoms with Crippen molar-refractivity contribution in [3.05, 3.63) is 35.6 Å². The van der Waals surface area contributed by atoms with Crippen molar-refractivity contribution in [1.29, 1.82) is 0 Å². The summed E-state index contributed by atoms with van der Waals surface area (Å²) in [6, 6.07) is 6.44. The Hall–Kier alpha value is -1.58. The van der Waals surface area contributed by atoms with Crippen LogP contribution in [-0.2, 0) is 5.54 Å². The number of nitrogens with one attached hydrogen (secondary N) is 2. The molecule has 0 spiro atoms. The SMILES string of the molecule is CC(C)(NC(=O)NC1CCCCC1)c1cccc(F)c1. The lowest BCUT2D eigenvalue weighted by Crippen LogP contribution is -2.49. The second kappa shape index (κ2) is 6.25. The number of halogens is 1. The summed E-state index contributed by atoms with van der Waals surface area (Å²) in [5, 5.41) is 5.95. The summed E-state index contributed by atoms with van der Waals surface area (Å²) < 4.78 is 13.3. The van der Waals surface area contributed by atoms with E-state index in [9.17, 15) is 9.18 Å². The molecule has 1 aliphatic carbocycles. The zero-order valence-corrected chi connectivity index (χ0v) is 12.2. The van der Waals surface area contributed by atoms with E-state index in [0.717, 1.165) is 18.4 Å². The first kappa shape index (κ1) is 14.8. The topological polar surface area (TPSA) is 41.1 Å². The van der Waals surface area contributed by atoms with Crippen LogP contribution in [0.4, 0.5) is 9.18 Å². The fourth-order valence-corrected chi connectivity index (χ4v) is 2.70. The molecule has 0 radical (unpaired) electrons.